The van der Waals surface area contributed by atoms with Gasteiger partial charge in [-0.05, 0) is 24.3 Å². The Morgan fingerprint density at radius 2 is 2.16 bits per heavy atom. The van der Waals surface area contributed by atoms with E-state index in [4.69, 9.17) is 10.3 Å². The van der Waals surface area contributed by atoms with E-state index in [1.54, 1.807) is 11.3 Å². The normalized spacial score (nSPS) is 10.9. The van der Waals surface area contributed by atoms with Gasteiger partial charge in [-0.15, -0.1) is 22.7 Å². The molecule has 3 rings (SSSR count). The van der Waals surface area contributed by atoms with Gasteiger partial charge in [0.1, 0.15) is 0 Å². The summed E-state index contributed by atoms with van der Waals surface area (Å²) in [6.07, 6.45) is 2.56. The highest BCUT2D eigenvalue weighted by Crippen LogP contribution is 2.21. The molecule has 0 unspecified atom stereocenters. The fourth-order valence-electron chi connectivity index (χ4n) is 1.72. The van der Waals surface area contributed by atoms with Gasteiger partial charge in [0, 0.05) is 11.8 Å². The van der Waals surface area contributed by atoms with Crippen molar-refractivity contribution in [1.29, 1.82) is 0 Å². The van der Waals surface area contributed by atoms with E-state index < -0.39 is 0 Å². The van der Waals surface area contributed by atoms with E-state index in [0.29, 0.717) is 16.8 Å². The zero-order valence-corrected chi connectivity index (χ0v) is 11.7. The molecular weight excluding hydrogens is 280 g/mol. The van der Waals surface area contributed by atoms with E-state index in [2.05, 4.69) is 15.1 Å². The molecule has 0 radical (unpaired) electrons. The Kier molecular flexibility index (Phi) is 3.56. The second kappa shape index (κ2) is 5.50. The Bertz CT molecular complexity index is 644. The molecule has 0 aromatic carbocycles. The number of nitrogen functional groups attached to an aromatic ring is 1. The van der Waals surface area contributed by atoms with Crippen LogP contribution in [0, 0.1) is 0 Å². The second-order valence-electron chi connectivity index (χ2n) is 4.02. The maximum absolute atomic E-state index is 5.59. The zero-order chi connectivity index (χ0) is 13.1. The van der Waals surface area contributed by atoms with E-state index in [0.717, 1.165) is 29.8 Å². The highest BCUT2D eigenvalue weighted by molar-refractivity contribution is 7.13. The van der Waals surface area contributed by atoms with Gasteiger partial charge >= 0.3 is 0 Å². The minimum atomic E-state index is 0.618. The SMILES string of the molecule is Nc1nc(CCCc2nc(-c3cccs3)no2)cs1. The van der Waals surface area contributed by atoms with Crippen LogP contribution in [-0.4, -0.2) is 15.1 Å². The van der Waals surface area contributed by atoms with E-state index in [1.807, 2.05) is 22.9 Å². The summed E-state index contributed by atoms with van der Waals surface area (Å²) >= 11 is 3.07. The summed E-state index contributed by atoms with van der Waals surface area (Å²) in [5.41, 5.74) is 6.61. The molecular formula is C12H12N4OS2. The van der Waals surface area contributed by atoms with Gasteiger partial charge in [-0.3, -0.25) is 0 Å². The number of anilines is 1. The average Bonchev–Trinajstić information content (AvgIpc) is 3.09. The predicted octanol–water partition coefficient (Wildman–Crippen LogP) is 3.01. The summed E-state index contributed by atoms with van der Waals surface area (Å²) in [7, 11) is 0. The molecule has 0 aliphatic carbocycles. The number of rotatable bonds is 5. The minimum Gasteiger partial charge on any atom is -0.375 e. The number of aryl methyl sites for hydroxylation is 2. The molecule has 0 spiro atoms. The van der Waals surface area contributed by atoms with Crippen molar-refractivity contribution < 1.29 is 4.52 Å². The van der Waals surface area contributed by atoms with Gasteiger partial charge in [0.25, 0.3) is 0 Å². The Hall–Kier alpha value is -1.73. The third kappa shape index (κ3) is 2.99. The smallest absolute Gasteiger partial charge is 0.226 e. The molecule has 7 heteroatoms. The Morgan fingerprint density at radius 1 is 1.21 bits per heavy atom. The van der Waals surface area contributed by atoms with Crippen molar-refractivity contribution in [2.24, 2.45) is 0 Å². The van der Waals surface area contributed by atoms with Crippen molar-refractivity contribution in [3.05, 3.63) is 34.5 Å². The van der Waals surface area contributed by atoms with Crippen LogP contribution in [-0.2, 0) is 12.8 Å². The topological polar surface area (TPSA) is 77.8 Å². The molecule has 0 aliphatic rings. The molecule has 0 aliphatic heterocycles. The van der Waals surface area contributed by atoms with Crippen LogP contribution < -0.4 is 5.73 Å². The first kappa shape index (κ1) is 12.3. The third-order valence-corrected chi connectivity index (χ3v) is 4.19. The lowest BCUT2D eigenvalue weighted by molar-refractivity contribution is 0.376. The summed E-state index contributed by atoms with van der Waals surface area (Å²) in [6.45, 7) is 0. The Balaban J connectivity index is 1.56. The summed E-state index contributed by atoms with van der Waals surface area (Å²) in [5.74, 6) is 1.34. The lowest BCUT2D eigenvalue weighted by Crippen LogP contribution is -1.91. The van der Waals surface area contributed by atoms with E-state index in [-0.39, 0.29) is 0 Å². The molecule has 98 valence electrons. The number of thiophene rings is 1. The molecule has 0 saturated carbocycles. The third-order valence-electron chi connectivity index (χ3n) is 2.60. The first-order valence-electron chi connectivity index (χ1n) is 5.87. The number of aromatic nitrogens is 3. The van der Waals surface area contributed by atoms with Gasteiger partial charge < -0.3 is 10.3 Å². The van der Waals surface area contributed by atoms with Crippen molar-refractivity contribution in [3.8, 4) is 10.7 Å². The van der Waals surface area contributed by atoms with Crippen molar-refractivity contribution in [2.75, 3.05) is 5.73 Å². The molecule has 3 aromatic rings. The average molecular weight is 292 g/mol. The molecule has 3 aromatic heterocycles. The first-order chi connectivity index (χ1) is 9.31. The monoisotopic (exact) mass is 292 g/mol. The van der Waals surface area contributed by atoms with Crippen LogP contribution in [0.25, 0.3) is 10.7 Å². The van der Waals surface area contributed by atoms with E-state index in [9.17, 15) is 0 Å². The Morgan fingerprint density at radius 3 is 2.89 bits per heavy atom. The fourth-order valence-corrected chi connectivity index (χ4v) is 2.97. The largest absolute Gasteiger partial charge is 0.375 e. The lowest BCUT2D eigenvalue weighted by atomic mass is 10.2. The maximum Gasteiger partial charge on any atom is 0.226 e. The van der Waals surface area contributed by atoms with Crippen LogP contribution in [0.1, 0.15) is 18.0 Å². The van der Waals surface area contributed by atoms with Crippen LogP contribution in [0.2, 0.25) is 0 Å². The van der Waals surface area contributed by atoms with Crippen LogP contribution >= 0.6 is 22.7 Å². The zero-order valence-electron chi connectivity index (χ0n) is 10.1. The fraction of sp³-hybridized carbons (Fsp3) is 0.250. The number of hydrogen-bond donors (Lipinski definition) is 1. The standard InChI is InChI=1S/C12H12N4OS2/c13-12-14-8(7-19-12)3-1-5-10-15-11(16-17-10)9-4-2-6-18-9/h2,4,6-7H,1,3,5H2,(H2,13,14). The van der Waals surface area contributed by atoms with Gasteiger partial charge in [-0.1, -0.05) is 11.2 Å². The van der Waals surface area contributed by atoms with E-state index in [1.165, 1.54) is 11.3 Å². The van der Waals surface area contributed by atoms with Gasteiger partial charge in [0.05, 0.1) is 10.6 Å². The lowest BCUT2D eigenvalue weighted by Gasteiger charge is -1.93. The van der Waals surface area contributed by atoms with Gasteiger partial charge in [0.2, 0.25) is 11.7 Å². The highest BCUT2D eigenvalue weighted by Gasteiger charge is 2.09. The molecule has 0 saturated heterocycles. The quantitative estimate of drug-likeness (QED) is 0.782. The molecule has 19 heavy (non-hydrogen) atoms. The summed E-state index contributed by atoms with van der Waals surface area (Å²) < 4.78 is 5.23. The molecule has 0 fully saturated rings. The maximum atomic E-state index is 5.59. The second-order valence-corrected chi connectivity index (χ2v) is 5.86. The first-order valence-corrected chi connectivity index (χ1v) is 7.63. The molecule has 0 amide bonds. The number of hydrogen-bond acceptors (Lipinski definition) is 7. The van der Waals surface area contributed by atoms with Crippen LogP contribution in [0.3, 0.4) is 0 Å². The van der Waals surface area contributed by atoms with Crippen molar-refractivity contribution in [3.63, 3.8) is 0 Å². The molecule has 5 nitrogen and oxygen atoms in total. The van der Waals surface area contributed by atoms with Crippen LogP contribution in [0.5, 0.6) is 0 Å². The highest BCUT2D eigenvalue weighted by atomic mass is 32.1. The summed E-state index contributed by atoms with van der Waals surface area (Å²) in [5, 5.41) is 8.58. The molecule has 0 bridgehead atoms. The van der Waals surface area contributed by atoms with Gasteiger partial charge in [-0.2, -0.15) is 4.98 Å². The van der Waals surface area contributed by atoms with Crippen molar-refractivity contribution >= 4 is 27.8 Å². The number of nitrogens with zero attached hydrogens (tertiary/aromatic N) is 3. The van der Waals surface area contributed by atoms with E-state index >= 15 is 0 Å². The molecule has 3 heterocycles. The Labute approximate surface area is 118 Å². The van der Waals surface area contributed by atoms with Crippen LogP contribution in [0.15, 0.2) is 27.4 Å². The van der Waals surface area contributed by atoms with Crippen molar-refractivity contribution in [2.45, 2.75) is 19.3 Å². The number of nitrogens with two attached hydrogens (primary N) is 1. The van der Waals surface area contributed by atoms with Gasteiger partial charge in [0.15, 0.2) is 5.13 Å². The minimum absolute atomic E-state index is 0.618. The summed E-state index contributed by atoms with van der Waals surface area (Å²) in [4.78, 5) is 9.63. The molecule has 2 N–H and O–H groups in total. The van der Waals surface area contributed by atoms with Gasteiger partial charge in [-0.25, -0.2) is 4.98 Å². The molecule has 0 atom stereocenters. The predicted molar refractivity (Wildman–Crippen MR) is 76.2 cm³/mol. The van der Waals surface area contributed by atoms with Crippen LogP contribution in [0.4, 0.5) is 5.13 Å². The van der Waals surface area contributed by atoms with Crippen molar-refractivity contribution in [1.82, 2.24) is 15.1 Å². The summed E-state index contributed by atoms with van der Waals surface area (Å²) in [6, 6.07) is 3.96. The number of thiazole rings is 1.